The van der Waals surface area contributed by atoms with Gasteiger partial charge in [0.25, 0.3) is 0 Å². The summed E-state index contributed by atoms with van der Waals surface area (Å²) in [5.41, 5.74) is -0.0640. The van der Waals surface area contributed by atoms with Crippen LogP contribution in [0.25, 0.3) is 0 Å². The lowest BCUT2D eigenvalue weighted by Crippen LogP contribution is -2.31. The van der Waals surface area contributed by atoms with Crippen molar-refractivity contribution in [3.63, 3.8) is 0 Å². The van der Waals surface area contributed by atoms with E-state index in [1.54, 1.807) is 0 Å². The van der Waals surface area contributed by atoms with Crippen LogP contribution in [0.15, 0.2) is 0 Å². The molecule has 3 heterocycles. The smallest absolute Gasteiger partial charge is 0.309 e. The monoisotopic (exact) mass is 266 g/mol. The van der Waals surface area contributed by atoms with Crippen LogP contribution in [0.2, 0.25) is 0 Å². The number of hydrogen-bond donors (Lipinski definition) is 0. The van der Waals surface area contributed by atoms with Gasteiger partial charge < -0.3 is 14.2 Å². The Morgan fingerprint density at radius 2 is 1.84 bits per heavy atom. The van der Waals surface area contributed by atoms with E-state index in [0.717, 1.165) is 25.7 Å². The molecule has 0 aromatic heterocycles. The minimum Gasteiger partial charge on any atom is -0.459 e. The van der Waals surface area contributed by atoms with Gasteiger partial charge in [0.15, 0.2) is 0 Å². The maximum Gasteiger partial charge on any atom is 0.309 e. The second kappa shape index (κ2) is 3.53. The molecule has 1 aliphatic carbocycles. The van der Waals surface area contributed by atoms with E-state index in [1.165, 1.54) is 0 Å². The molecule has 4 fully saturated rings. The van der Waals surface area contributed by atoms with E-state index in [4.69, 9.17) is 14.2 Å². The maximum absolute atomic E-state index is 11.9. The minimum atomic E-state index is -0.0997. The predicted molar refractivity (Wildman–Crippen MR) is 67.6 cm³/mol. The van der Waals surface area contributed by atoms with E-state index in [1.807, 2.05) is 6.92 Å². The Hall–Kier alpha value is -0.610. The van der Waals surface area contributed by atoms with Crippen molar-refractivity contribution < 1.29 is 19.0 Å². The molecular weight excluding hydrogens is 244 g/mol. The summed E-state index contributed by atoms with van der Waals surface area (Å²) in [6, 6.07) is 0. The Balaban J connectivity index is 1.60. The number of carbonyl (C=O) groups excluding carboxylic acids is 1. The van der Waals surface area contributed by atoms with E-state index in [9.17, 15) is 4.79 Å². The lowest BCUT2D eigenvalue weighted by molar-refractivity contribution is -0.144. The van der Waals surface area contributed by atoms with Crippen LogP contribution >= 0.6 is 0 Å². The molecule has 4 rings (SSSR count). The predicted octanol–water partition coefficient (Wildman–Crippen LogP) is 2.05. The molecule has 0 aromatic rings. The highest BCUT2D eigenvalue weighted by Crippen LogP contribution is 2.54. The van der Waals surface area contributed by atoms with Crippen LogP contribution in [0.4, 0.5) is 0 Å². The quantitative estimate of drug-likeness (QED) is 0.497. The molecule has 0 bridgehead atoms. The topological polar surface area (TPSA) is 51.4 Å². The van der Waals surface area contributed by atoms with Crippen molar-refractivity contribution in [2.45, 2.75) is 76.0 Å². The molecule has 4 heteroatoms. The van der Waals surface area contributed by atoms with Crippen LogP contribution < -0.4 is 0 Å². The molecule has 0 spiro atoms. The van der Waals surface area contributed by atoms with Gasteiger partial charge in [0.2, 0.25) is 0 Å². The molecule has 0 aromatic carbocycles. The standard InChI is InChI=1S/C15H22O4/c1-8-9-4-6-14(2)10(18-14)5-7-15(3)12(19-15)11(9)17-13(8)16/h8-12H,4-7H2,1-3H3/t8-,9-,10+,11-,12-,14-,15+/m0/s1. The SMILES string of the molecule is C[C@@H]1C(=O)O[C@H]2[C@H]1CC[C@]1(C)O[C@@H]1CC[C@@]1(C)O[C@@H]21. The molecule has 0 unspecified atom stereocenters. The third-order valence-corrected chi connectivity index (χ3v) is 5.84. The van der Waals surface area contributed by atoms with E-state index >= 15 is 0 Å². The maximum atomic E-state index is 11.9. The van der Waals surface area contributed by atoms with E-state index < -0.39 is 0 Å². The van der Waals surface area contributed by atoms with Gasteiger partial charge in [-0.15, -0.1) is 0 Å². The van der Waals surface area contributed by atoms with Crippen LogP contribution in [0.5, 0.6) is 0 Å². The van der Waals surface area contributed by atoms with Crippen LogP contribution in [0.3, 0.4) is 0 Å². The van der Waals surface area contributed by atoms with Gasteiger partial charge in [-0.3, -0.25) is 4.79 Å². The average molecular weight is 266 g/mol. The number of hydrogen-bond acceptors (Lipinski definition) is 4. The molecule has 106 valence electrons. The summed E-state index contributed by atoms with van der Waals surface area (Å²) >= 11 is 0. The Labute approximate surface area is 113 Å². The van der Waals surface area contributed by atoms with E-state index in [2.05, 4.69) is 13.8 Å². The Morgan fingerprint density at radius 3 is 2.63 bits per heavy atom. The van der Waals surface area contributed by atoms with Gasteiger partial charge in [0.1, 0.15) is 12.2 Å². The van der Waals surface area contributed by atoms with Gasteiger partial charge in [-0.2, -0.15) is 0 Å². The Morgan fingerprint density at radius 1 is 1.11 bits per heavy atom. The van der Waals surface area contributed by atoms with Gasteiger partial charge in [-0.1, -0.05) is 6.92 Å². The van der Waals surface area contributed by atoms with Gasteiger partial charge in [0, 0.05) is 5.92 Å². The lowest BCUT2D eigenvalue weighted by atomic mass is 9.79. The molecule has 7 atom stereocenters. The zero-order chi connectivity index (χ0) is 13.4. The fraction of sp³-hybridized carbons (Fsp3) is 0.933. The minimum absolute atomic E-state index is 0.00123. The number of epoxide rings is 2. The molecule has 4 nitrogen and oxygen atoms in total. The first kappa shape index (κ1) is 12.2. The van der Waals surface area contributed by atoms with Crippen molar-refractivity contribution >= 4 is 5.97 Å². The molecule has 1 saturated carbocycles. The van der Waals surface area contributed by atoms with Crippen molar-refractivity contribution in [2.24, 2.45) is 11.8 Å². The van der Waals surface area contributed by atoms with Crippen LogP contribution in [-0.2, 0) is 19.0 Å². The van der Waals surface area contributed by atoms with Gasteiger partial charge >= 0.3 is 5.97 Å². The Bertz CT molecular complexity index is 436. The van der Waals surface area contributed by atoms with Crippen molar-refractivity contribution in [1.29, 1.82) is 0 Å². The molecule has 3 saturated heterocycles. The number of fused-ring (bicyclic) bond motifs is 4. The van der Waals surface area contributed by atoms with Crippen LogP contribution in [-0.4, -0.2) is 35.5 Å². The first-order valence-corrected chi connectivity index (χ1v) is 7.49. The second-order valence-corrected chi connectivity index (χ2v) is 7.20. The summed E-state index contributed by atoms with van der Waals surface area (Å²) in [7, 11) is 0. The molecule has 4 aliphatic rings. The summed E-state index contributed by atoms with van der Waals surface area (Å²) in [5, 5.41) is 0. The highest BCUT2D eigenvalue weighted by Gasteiger charge is 2.64. The molecular formula is C15H22O4. The first-order chi connectivity index (χ1) is 8.93. The molecule has 3 aliphatic heterocycles. The second-order valence-electron chi connectivity index (χ2n) is 7.20. The third-order valence-electron chi connectivity index (χ3n) is 5.84. The summed E-state index contributed by atoms with van der Waals surface area (Å²) < 4.78 is 17.4. The average Bonchev–Trinajstić information content (AvgIpc) is 3.18. The number of rotatable bonds is 0. The van der Waals surface area contributed by atoms with Gasteiger partial charge in [0.05, 0.1) is 23.2 Å². The van der Waals surface area contributed by atoms with Gasteiger partial charge in [-0.05, 0) is 39.5 Å². The Kier molecular flexibility index (Phi) is 2.26. The van der Waals surface area contributed by atoms with Crippen molar-refractivity contribution in [3.8, 4) is 0 Å². The third kappa shape index (κ3) is 1.69. The summed E-state index contributed by atoms with van der Waals surface area (Å²) in [6.45, 7) is 6.34. The molecule has 19 heavy (non-hydrogen) atoms. The van der Waals surface area contributed by atoms with E-state index in [0.29, 0.717) is 12.0 Å². The fourth-order valence-electron chi connectivity index (χ4n) is 4.11. The van der Waals surface area contributed by atoms with Crippen molar-refractivity contribution in [1.82, 2.24) is 0 Å². The number of esters is 1. The molecule has 0 radical (unpaired) electrons. The van der Waals surface area contributed by atoms with Crippen LogP contribution in [0.1, 0.15) is 46.5 Å². The summed E-state index contributed by atoms with van der Waals surface area (Å²) in [6.07, 6.45) is 4.56. The highest BCUT2D eigenvalue weighted by molar-refractivity contribution is 5.75. The van der Waals surface area contributed by atoms with Crippen molar-refractivity contribution in [3.05, 3.63) is 0 Å². The van der Waals surface area contributed by atoms with E-state index in [-0.39, 0.29) is 35.3 Å². The summed E-state index contributed by atoms with van der Waals surface area (Å²) in [5.74, 6) is 0.239. The van der Waals surface area contributed by atoms with Crippen molar-refractivity contribution in [2.75, 3.05) is 0 Å². The zero-order valence-electron chi connectivity index (χ0n) is 11.8. The lowest BCUT2D eigenvalue weighted by Gasteiger charge is -2.21. The highest BCUT2D eigenvalue weighted by atomic mass is 16.6. The number of ether oxygens (including phenoxy) is 3. The summed E-state index contributed by atoms with van der Waals surface area (Å²) in [4.78, 5) is 11.9. The number of carbonyl (C=O) groups is 1. The molecule has 0 N–H and O–H groups in total. The zero-order valence-corrected chi connectivity index (χ0v) is 11.8. The first-order valence-electron chi connectivity index (χ1n) is 7.49. The normalized spacial score (nSPS) is 59.5. The van der Waals surface area contributed by atoms with Gasteiger partial charge in [-0.25, -0.2) is 0 Å². The fourth-order valence-corrected chi connectivity index (χ4v) is 4.11. The largest absolute Gasteiger partial charge is 0.459 e. The molecule has 0 amide bonds. The van der Waals surface area contributed by atoms with Crippen LogP contribution in [0, 0.1) is 11.8 Å².